The van der Waals surface area contributed by atoms with Gasteiger partial charge in [0.1, 0.15) is 6.54 Å². The van der Waals surface area contributed by atoms with Crippen molar-refractivity contribution < 1.29 is 9.90 Å². The summed E-state index contributed by atoms with van der Waals surface area (Å²) in [7, 11) is 0. The molecule has 1 aliphatic rings. The molecule has 2 aromatic rings. The molecule has 1 aliphatic carbocycles. The number of nitrogens with zero attached hydrogens (tertiary/aromatic N) is 2. The summed E-state index contributed by atoms with van der Waals surface area (Å²) in [6.07, 6.45) is 6.09. The number of fused-ring (bicyclic) bond motifs is 3. The van der Waals surface area contributed by atoms with Gasteiger partial charge in [-0.15, -0.1) is 0 Å². The van der Waals surface area contributed by atoms with E-state index in [2.05, 4.69) is 4.98 Å². The minimum Gasteiger partial charge on any atom is -0.480 e. The van der Waals surface area contributed by atoms with Gasteiger partial charge < -0.3 is 9.67 Å². The Morgan fingerprint density at radius 3 is 3.06 bits per heavy atom. The molecule has 4 heteroatoms. The molecule has 0 saturated carbocycles. The molecule has 4 nitrogen and oxygen atoms in total. The zero-order valence-corrected chi connectivity index (χ0v) is 9.52. The van der Waals surface area contributed by atoms with Crippen molar-refractivity contribution in [3.8, 4) is 0 Å². The van der Waals surface area contributed by atoms with Crippen LogP contribution in [0.5, 0.6) is 0 Å². The van der Waals surface area contributed by atoms with Crippen molar-refractivity contribution in [2.45, 2.75) is 32.2 Å². The Morgan fingerprint density at radius 2 is 2.24 bits per heavy atom. The van der Waals surface area contributed by atoms with Gasteiger partial charge in [0, 0.05) is 11.9 Å². The summed E-state index contributed by atoms with van der Waals surface area (Å²) in [6.45, 7) is 0.0392. The van der Waals surface area contributed by atoms with Crippen LogP contribution in [0.4, 0.5) is 0 Å². The first kappa shape index (κ1) is 10.3. The SMILES string of the molecule is O=C(O)Cn1c2c(c3ncccc31)CCCC2. The minimum absolute atomic E-state index is 0.0392. The van der Waals surface area contributed by atoms with Crippen LogP contribution in [0, 0.1) is 0 Å². The highest BCUT2D eigenvalue weighted by Crippen LogP contribution is 2.30. The molecule has 0 atom stereocenters. The highest BCUT2D eigenvalue weighted by molar-refractivity contribution is 5.83. The van der Waals surface area contributed by atoms with Crippen LogP contribution in [0.2, 0.25) is 0 Å². The van der Waals surface area contributed by atoms with Gasteiger partial charge in [0.25, 0.3) is 0 Å². The number of aliphatic carboxylic acids is 1. The Kier molecular flexibility index (Phi) is 2.35. The molecule has 0 unspecified atom stereocenters. The number of hydrogen-bond acceptors (Lipinski definition) is 2. The van der Waals surface area contributed by atoms with E-state index < -0.39 is 5.97 Å². The highest BCUT2D eigenvalue weighted by Gasteiger charge is 2.21. The fourth-order valence-electron chi connectivity index (χ4n) is 2.75. The molecule has 0 amide bonds. The number of rotatable bonds is 2. The Morgan fingerprint density at radius 1 is 1.41 bits per heavy atom. The van der Waals surface area contributed by atoms with Crippen LogP contribution in [-0.2, 0) is 24.2 Å². The molecule has 0 fully saturated rings. The molecule has 3 rings (SSSR count). The number of carbonyl (C=O) groups is 1. The molecule has 88 valence electrons. The number of hydrogen-bond donors (Lipinski definition) is 1. The molecule has 17 heavy (non-hydrogen) atoms. The predicted molar refractivity (Wildman–Crippen MR) is 64.0 cm³/mol. The van der Waals surface area contributed by atoms with Crippen LogP contribution in [0.3, 0.4) is 0 Å². The first-order chi connectivity index (χ1) is 8.27. The molecule has 2 heterocycles. The van der Waals surface area contributed by atoms with Crippen LogP contribution >= 0.6 is 0 Å². The van der Waals surface area contributed by atoms with Crippen molar-refractivity contribution >= 4 is 17.0 Å². The van der Waals surface area contributed by atoms with Crippen LogP contribution in [0.25, 0.3) is 11.0 Å². The summed E-state index contributed by atoms with van der Waals surface area (Å²) in [6, 6.07) is 3.83. The average molecular weight is 230 g/mol. The number of carboxylic acid groups (broad SMARTS) is 1. The lowest BCUT2D eigenvalue weighted by molar-refractivity contribution is -0.137. The Labute approximate surface area is 98.9 Å². The Bertz CT molecular complexity index is 586. The largest absolute Gasteiger partial charge is 0.480 e. The summed E-state index contributed by atoms with van der Waals surface area (Å²) in [4.78, 5) is 15.4. The standard InChI is InChI=1S/C13H14N2O2/c16-12(17)8-15-10-5-2-1-4-9(10)13-11(15)6-3-7-14-13/h3,6-7H,1-2,4-5,8H2,(H,16,17). The first-order valence-corrected chi connectivity index (χ1v) is 5.94. The summed E-state index contributed by atoms with van der Waals surface area (Å²) < 4.78 is 1.92. The zero-order chi connectivity index (χ0) is 11.8. The van der Waals surface area contributed by atoms with Crippen molar-refractivity contribution in [2.24, 2.45) is 0 Å². The second-order valence-electron chi connectivity index (χ2n) is 4.48. The lowest BCUT2D eigenvalue weighted by Gasteiger charge is -2.14. The average Bonchev–Trinajstić information content (AvgIpc) is 2.65. The maximum Gasteiger partial charge on any atom is 0.323 e. The van der Waals surface area contributed by atoms with Crippen molar-refractivity contribution in [3.05, 3.63) is 29.6 Å². The van der Waals surface area contributed by atoms with E-state index in [1.54, 1.807) is 6.20 Å². The van der Waals surface area contributed by atoms with Gasteiger partial charge in [0.05, 0.1) is 11.0 Å². The van der Waals surface area contributed by atoms with Gasteiger partial charge in [-0.25, -0.2) is 0 Å². The molecule has 2 aromatic heterocycles. The smallest absolute Gasteiger partial charge is 0.323 e. The van der Waals surface area contributed by atoms with Crippen LogP contribution < -0.4 is 0 Å². The van der Waals surface area contributed by atoms with Gasteiger partial charge in [-0.1, -0.05) is 0 Å². The molecular weight excluding hydrogens is 216 g/mol. The zero-order valence-electron chi connectivity index (χ0n) is 9.52. The Balaban J connectivity index is 2.27. The lowest BCUT2D eigenvalue weighted by atomic mass is 9.97. The first-order valence-electron chi connectivity index (χ1n) is 5.94. The van der Waals surface area contributed by atoms with Crippen molar-refractivity contribution in [3.63, 3.8) is 0 Å². The molecule has 0 radical (unpaired) electrons. The second kappa shape index (κ2) is 3.87. The van der Waals surface area contributed by atoms with Gasteiger partial charge >= 0.3 is 5.97 Å². The van der Waals surface area contributed by atoms with Crippen LogP contribution in [0.15, 0.2) is 18.3 Å². The number of aryl methyl sites for hydroxylation is 1. The molecule has 0 spiro atoms. The van der Waals surface area contributed by atoms with E-state index in [0.29, 0.717) is 0 Å². The lowest BCUT2D eigenvalue weighted by Crippen LogP contribution is -2.13. The normalized spacial score (nSPS) is 14.8. The van der Waals surface area contributed by atoms with E-state index in [1.807, 2.05) is 16.7 Å². The number of carboxylic acids is 1. The monoisotopic (exact) mass is 230 g/mol. The van der Waals surface area contributed by atoms with Crippen LogP contribution in [-0.4, -0.2) is 20.6 Å². The van der Waals surface area contributed by atoms with E-state index in [-0.39, 0.29) is 6.54 Å². The van der Waals surface area contributed by atoms with Crippen molar-refractivity contribution in [1.82, 2.24) is 9.55 Å². The summed E-state index contributed by atoms with van der Waals surface area (Å²) in [5.74, 6) is -0.792. The van der Waals surface area contributed by atoms with E-state index >= 15 is 0 Å². The molecule has 1 N–H and O–H groups in total. The highest BCUT2D eigenvalue weighted by atomic mass is 16.4. The van der Waals surface area contributed by atoms with E-state index in [1.165, 1.54) is 17.7 Å². The maximum absolute atomic E-state index is 11.0. The summed E-state index contributed by atoms with van der Waals surface area (Å²) in [5, 5.41) is 9.01. The van der Waals surface area contributed by atoms with Gasteiger partial charge in [0.15, 0.2) is 0 Å². The van der Waals surface area contributed by atoms with Gasteiger partial charge in [-0.3, -0.25) is 9.78 Å². The summed E-state index contributed by atoms with van der Waals surface area (Å²) >= 11 is 0. The molecule has 0 saturated heterocycles. The maximum atomic E-state index is 11.0. The molecule has 0 aromatic carbocycles. The molecule has 0 aliphatic heterocycles. The van der Waals surface area contributed by atoms with Gasteiger partial charge in [0.2, 0.25) is 0 Å². The van der Waals surface area contributed by atoms with Crippen LogP contribution in [0.1, 0.15) is 24.1 Å². The number of aromatic nitrogens is 2. The quantitative estimate of drug-likeness (QED) is 0.858. The predicted octanol–water partition coefficient (Wildman–Crippen LogP) is 2.00. The fourth-order valence-corrected chi connectivity index (χ4v) is 2.75. The summed E-state index contributed by atoms with van der Waals surface area (Å²) in [5.41, 5.74) is 4.38. The third-order valence-corrected chi connectivity index (χ3v) is 3.42. The van der Waals surface area contributed by atoms with E-state index in [4.69, 9.17) is 5.11 Å². The topological polar surface area (TPSA) is 55.1 Å². The molecular formula is C13H14N2O2. The third-order valence-electron chi connectivity index (χ3n) is 3.42. The second-order valence-corrected chi connectivity index (χ2v) is 4.48. The fraction of sp³-hybridized carbons (Fsp3) is 0.385. The molecule has 0 bridgehead atoms. The number of pyridine rings is 1. The van der Waals surface area contributed by atoms with Crippen molar-refractivity contribution in [2.75, 3.05) is 0 Å². The van der Waals surface area contributed by atoms with E-state index in [9.17, 15) is 4.79 Å². The van der Waals surface area contributed by atoms with E-state index in [0.717, 1.165) is 30.3 Å². The van der Waals surface area contributed by atoms with Gasteiger partial charge in [-0.05, 0) is 43.4 Å². The third kappa shape index (κ3) is 1.60. The Hall–Kier alpha value is -1.84. The minimum atomic E-state index is -0.792. The van der Waals surface area contributed by atoms with Crippen molar-refractivity contribution in [1.29, 1.82) is 0 Å². The van der Waals surface area contributed by atoms with Gasteiger partial charge in [-0.2, -0.15) is 0 Å².